The SMILES string of the molecule is CCCCCCCC#Cc1ccccc1. The molecule has 0 fully saturated rings. The molecule has 1 rings (SSSR count). The molecule has 0 saturated carbocycles. The van der Waals surface area contributed by atoms with Crippen LogP contribution >= 0.6 is 0 Å². The first kappa shape index (κ1) is 11.9. The topological polar surface area (TPSA) is 0 Å². The Hall–Kier alpha value is -1.22. The molecule has 0 spiro atoms. The molecule has 0 aliphatic heterocycles. The lowest BCUT2D eigenvalue weighted by atomic mass is 10.1. The van der Waals surface area contributed by atoms with E-state index in [0.717, 1.165) is 12.0 Å². The highest BCUT2D eigenvalue weighted by molar-refractivity contribution is 5.33. The molecule has 0 bridgehead atoms. The van der Waals surface area contributed by atoms with Crippen LogP contribution in [0.3, 0.4) is 0 Å². The Labute approximate surface area is 93.7 Å². The lowest BCUT2D eigenvalue weighted by Crippen LogP contribution is -1.76. The largest absolute Gasteiger partial charge is 0.0979 e. The highest BCUT2D eigenvalue weighted by atomic mass is 13.9. The van der Waals surface area contributed by atoms with E-state index in [1.165, 1.54) is 32.1 Å². The van der Waals surface area contributed by atoms with Gasteiger partial charge in [-0.3, -0.25) is 0 Å². The van der Waals surface area contributed by atoms with Crippen LogP contribution in [-0.2, 0) is 0 Å². The lowest BCUT2D eigenvalue weighted by molar-refractivity contribution is 0.641. The highest BCUT2D eigenvalue weighted by Crippen LogP contribution is 2.04. The maximum absolute atomic E-state index is 3.23. The standard InChI is InChI=1S/C15H20/c1-2-3-4-5-6-7-9-12-15-13-10-8-11-14-15/h8,10-11,13-14H,2-7H2,1H3. The Morgan fingerprint density at radius 3 is 2.40 bits per heavy atom. The van der Waals surface area contributed by atoms with Crippen LogP contribution in [0.4, 0.5) is 0 Å². The number of hydrogen-bond donors (Lipinski definition) is 0. The van der Waals surface area contributed by atoms with E-state index in [9.17, 15) is 0 Å². The molecule has 1 aromatic rings. The van der Waals surface area contributed by atoms with E-state index in [1.54, 1.807) is 0 Å². The Bertz CT molecular complexity index is 300. The van der Waals surface area contributed by atoms with Gasteiger partial charge in [0.1, 0.15) is 0 Å². The van der Waals surface area contributed by atoms with Gasteiger partial charge in [-0.25, -0.2) is 0 Å². The minimum Gasteiger partial charge on any atom is -0.0979 e. The van der Waals surface area contributed by atoms with Gasteiger partial charge in [-0.1, -0.05) is 62.6 Å². The van der Waals surface area contributed by atoms with E-state index in [-0.39, 0.29) is 0 Å². The summed E-state index contributed by atoms with van der Waals surface area (Å²) in [6.45, 7) is 2.25. The second-order valence-electron chi connectivity index (χ2n) is 3.83. The van der Waals surface area contributed by atoms with Crippen molar-refractivity contribution in [3.8, 4) is 11.8 Å². The van der Waals surface area contributed by atoms with Gasteiger partial charge in [0.25, 0.3) is 0 Å². The van der Waals surface area contributed by atoms with Gasteiger partial charge in [-0.15, -0.1) is 0 Å². The summed E-state index contributed by atoms with van der Waals surface area (Å²) in [7, 11) is 0. The van der Waals surface area contributed by atoms with Gasteiger partial charge in [0.05, 0.1) is 0 Å². The molecule has 1 aromatic carbocycles. The number of benzene rings is 1. The van der Waals surface area contributed by atoms with Gasteiger partial charge < -0.3 is 0 Å². The quantitative estimate of drug-likeness (QED) is 0.488. The second-order valence-corrected chi connectivity index (χ2v) is 3.83. The van der Waals surface area contributed by atoms with E-state index < -0.39 is 0 Å². The van der Waals surface area contributed by atoms with E-state index >= 15 is 0 Å². The van der Waals surface area contributed by atoms with Crippen LogP contribution in [0.5, 0.6) is 0 Å². The molecular weight excluding hydrogens is 180 g/mol. The number of rotatable bonds is 5. The fourth-order valence-corrected chi connectivity index (χ4v) is 1.50. The molecule has 0 heteroatoms. The Balaban J connectivity index is 2.12. The van der Waals surface area contributed by atoms with Crippen molar-refractivity contribution in [1.29, 1.82) is 0 Å². The predicted molar refractivity (Wildman–Crippen MR) is 66.7 cm³/mol. The van der Waals surface area contributed by atoms with E-state index in [0.29, 0.717) is 0 Å². The van der Waals surface area contributed by atoms with Crippen molar-refractivity contribution in [2.45, 2.75) is 45.4 Å². The first-order valence-electron chi connectivity index (χ1n) is 5.97. The molecule has 0 nitrogen and oxygen atoms in total. The van der Waals surface area contributed by atoms with E-state index in [2.05, 4.69) is 30.9 Å². The molecule has 0 amide bonds. The summed E-state index contributed by atoms with van der Waals surface area (Å²) in [5, 5.41) is 0. The monoisotopic (exact) mass is 200 g/mol. The van der Waals surface area contributed by atoms with Crippen molar-refractivity contribution >= 4 is 0 Å². The average Bonchev–Trinajstić information content (AvgIpc) is 2.29. The van der Waals surface area contributed by atoms with Gasteiger partial charge >= 0.3 is 0 Å². The minimum atomic E-state index is 1.04. The molecular formula is C15H20. The lowest BCUT2D eigenvalue weighted by Gasteiger charge is -1.94. The van der Waals surface area contributed by atoms with Gasteiger partial charge in [-0.2, -0.15) is 0 Å². The summed E-state index contributed by atoms with van der Waals surface area (Å²) in [6, 6.07) is 10.2. The zero-order valence-electron chi connectivity index (χ0n) is 9.63. The molecule has 0 atom stereocenters. The average molecular weight is 200 g/mol. The molecule has 80 valence electrons. The van der Waals surface area contributed by atoms with Crippen LogP contribution in [-0.4, -0.2) is 0 Å². The normalized spacial score (nSPS) is 9.40. The van der Waals surface area contributed by atoms with E-state index in [1.807, 2.05) is 18.2 Å². The number of hydrogen-bond acceptors (Lipinski definition) is 0. The maximum Gasteiger partial charge on any atom is 0.0245 e. The van der Waals surface area contributed by atoms with Crippen molar-refractivity contribution in [2.75, 3.05) is 0 Å². The van der Waals surface area contributed by atoms with Gasteiger partial charge in [0, 0.05) is 12.0 Å². The predicted octanol–water partition coefficient (Wildman–Crippen LogP) is 4.40. The zero-order valence-corrected chi connectivity index (χ0v) is 9.63. The van der Waals surface area contributed by atoms with Crippen LogP contribution in [0.25, 0.3) is 0 Å². The van der Waals surface area contributed by atoms with Crippen molar-refractivity contribution in [1.82, 2.24) is 0 Å². The van der Waals surface area contributed by atoms with Crippen molar-refractivity contribution in [3.05, 3.63) is 35.9 Å². The van der Waals surface area contributed by atoms with Gasteiger partial charge in [0.15, 0.2) is 0 Å². The Morgan fingerprint density at radius 2 is 1.67 bits per heavy atom. The summed E-state index contributed by atoms with van der Waals surface area (Å²) in [5.74, 6) is 6.41. The fourth-order valence-electron chi connectivity index (χ4n) is 1.50. The van der Waals surface area contributed by atoms with Crippen LogP contribution in [0.2, 0.25) is 0 Å². The Kier molecular flexibility index (Phi) is 6.41. The molecule has 0 N–H and O–H groups in total. The summed E-state index contributed by atoms with van der Waals surface area (Å²) in [4.78, 5) is 0. The van der Waals surface area contributed by atoms with Crippen molar-refractivity contribution < 1.29 is 0 Å². The first-order valence-corrected chi connectivity index (χ1v) is 5.97. The summed E-state index contributed by atoms with van der Waals surface area (Å²) >= 11 is 0. The van der Waals surface area contributed by atoms with Crippen LogP contribution in [0, 0.1) is 11.8 Å². The van der Waals surface area contributed by atoms with E-state index in [4.69, 9.17) is 0 Å². The zero-order chi connectivity index (χ0) is 10.8. The van der Waals surface area contributed by atoms with Crippen molar-refractivity contribution in [2.24, 2.45) is 0 Å². The fraction of sp³-hybridized carbons (Fsp3) is 0.467. The number of unbranched alkanes of at least 4 members (excludes halogenated alkanes) is 5. The molecule has 0 unspecified atom stereocenters. The summed E-state index contributed by atoms with van der Waals surface area (Å²) in [6.07, 6.45) is 7.67. The second kappa shape index (κ2) is 8.12. The Morgan fingerprint density at radius 1 is 0.933 bits per heavy atom. The molecule has 0 radical (unpaired) electrons. The third-order valence-electron chi connectivity index (χ3n) is 2.41. The summed E-state index contributed by atoms with van der Waals surface area (Å²) < 4.78 is 0. The maximum atomic E-state index is 3.23. The van der Waals surface area contributed by atoms with Crippen molar-refractivity contribution in [3.63, 3.8) is 0 Å². The first-order chi connectivity index (χ1) is 7.43. The summed E-state index contributed by atoms with van der Waals surface area (Å²) in [5.41, 5.74) is 1.13. The van der Waals surface area contributed by atoms with Gasteiger partial charge in [0.2, 0.25) is 0 Å². The molecule has 0 aliphatic carbocycles. The smallest absolute Gasteiger partial charge is 0.0245 e. The molecule has 15 heavy (non-hydrogen) atoms. The molecule has 0 heterocycles. The van der Waals surface area contributed by atoms with Crippen LogP contribution in [0.1, 0.15) is 51.0 Å². The van der Waals surface area contributed by atoms with Crippen LogP contribution < -0.4 is 0 Å². The third kappa shape index (κ3) is 5.96. The highest BCUT2D eigenvalue weighted by Gasteiger charge is 1.86. The molecule has 0 aliphatic rings. The molecule has 0 saturated heterocycles. The third-order valence-corrected chi connectivity index (χ3v) is 2.41. The minimum absolute atomic E-state index is 1.04. The molecule has 0 aromatic heterocycles. The van der Waals surface area contributed by atoms with Crippen LogP contribution in [0.15, 0.2) is 30.3 Å². The van der Waals surface area contributed by atoms with Gasteiger partial charge in [-0.05, 0) is 18.6 Å².